The molecule has 6 nitrogen and oxygen atoms in total. The van der Waals surface area contributed by atoms with Gasteiger partial charge in [0.25, 0.3) is 0 Å². The Balaban J connectivity index is 2.47. The predicted molar refractivity (Wildman–Crippen MR) is 185 cm³/mol. The van der Waals surface area contributed by atoms with Crippen molar-refractivity contribution in [3.05, 3.63) is 113 Å². The summed E-state index contributed by atoms with van der Waals surface area (Å²) < 4.78 is 5.86. The van der Waals surface area contributed by atoms with Crippen molar-refractivity contribution in [2.45, 2.75) is 72.6 Å². The van der Waals surface area contributed by atoms with E-state index >= 15 is 0 Å². The summed E-state index contributed by atoms with van der Waals surface area (Å²) in [5, 5.41) is 12.1. The Morgan fingerprint density at radius 1 is 1.14 bits per heavy atom. The van der Waals surface area contributed by atoms with Crippen LogP contribution in [0.3, 0.4) is 0 Å². The van der Waals surface area contributed by atoms with Crippen LogP contribution in [-0.4, -0.2) is 42.5 Å². The molecule has 0 bridgehead atoms. The van der Waals surface area contributed by atoms with Gasteiger partial charge in [0, 0.05) is 25.6 Å². The van der Waals surface area contributed by atoms with Crippen LogP contribution in [0.15, 0.2) is 107 Å². The normalized spacial score (nSPS) is 12.3. The largest absolute Gasteiger partial charge is 0.494 e. The Morgan fingerprint density at radius 3 is 2.48 bits per heavy atom. The van der Waals surface area contributed by atoms with Crippen LogP contribution in [0.25, 0.3) is 0 Å². The molecule has 0 saturated heterocycles. The Hall–Kier alpha value is -3.52. The standard InChI is InChI=1S/C34H49BN4O2S/c1-10-13-16-25(4)22-34(40)36-33-20-19-31(37-38-33)18-15-14-17-27(6)42-29(8)39(9)26(5)23-30(12-3)24-32(28(7)35)41-21-11-2/h10,12-13,16,19-20,24H,5-8,11,14-15,17-18,21-23,35H2,1-4,9H3,(H,36,38,40)/b13-10-,25-16+,30-12-,32-24+. The van der Waals surface area contributed by atoms with Gasteiger partial charge in [-0.05, 0) is 81.6 Å². The topological polar surface area (TPSA) is 67.4 Å². The van der Waals surface area contributed by atoms with Crippen molar-refractivity contribution in [1.82, 2.24) is 15.1 Å². The van der Waals surface area contributed by atoms with E-state index in [1.54, 1.807) is 17.8 Å². The van der Waals surface area contributed by atoms with E-state index in [1.165, 1.54) is 0 Å². The first-order chi connectivity index (χ1) is 20.0. The maximum Gasteiger partial charge on any atom is 0.229 e. The second-order valence-corrected chi connectivity index (χ2v) is 11.5. The number of allylic oxidation sites excluding steroid dienone is 8. The smallest absolute Gasteiger partial charge is 0.229 e. The number of aromatic nitrogens is 2. The summed E-state index contributed by atoms with van der Waals surface area (Å²) in [6.45, 7) is 25.5. The molecule has 1 rings (SSSR count). The fourth-order valence-corrected chi connectivity index (χ4v) is 4.52. The van der Waals surface area contributed by atoms with Crippen molar-refractivity contribution in [2.24, 2.45) is 0 Å². The highest BCUT2D eigenvalue weighted by molar-refractivity contribution is 8.06. The van der Waals surface area contributed by atoms with Crippen LogP contribution in [-0.2, 0) is 16.0 Å². The summed E-state index contributed by atoms with van der Waals surface area (Å²) in [4.78, 5) is 15.3. The number of ether oxygens (including phenoxy) is 1. The lowest BCUT2D eigenvalue weighted by atomic mass is 9.94. The van der Waals surface area contributed by atoms with Gasteiger partial charge in [-0.1, -0.05) is 73.8 Å². The predicted octanol–water partition coefficient (Wildman–Crippen LogP) is 8.00. The van der Waals surface area contributed by atoms with Gasteiger partial charge >= 0.3 is 0 Å². The first-order valence-electron chi connectivity index (χ1n) is 14.5. The summed E-state index contributed by atoms with van der Waals surface area (Å²) in [6, 6.07) is 3.72. The molecule has 0 radical (unpaired) electrons. The number of amides is 1. The number of nitrogens with one attached hydrogen (secondary N) is 1. The van der Waals surface area contributed by atoms with Gasteiger partial charge in [0.15, 0.2) is 5.82 Å². The van der Waals surface area contributed by atoms with E-state index < -0.39 is 0 Å². The van der Waals surface area contributed by atoms with Crippen LogP contribution < -0.4 is 5.32 Å². The molecule has 42 heavy (non-hydrogen) atoms. The summed E-state index contributed by atoms with van der Waals surface area (Å²) in [5.74, 6) is 1.18. The van der Waals surface area contributed by atoms with Gasteiger partial charge in [-0.3, -0.25) is 4.79 Å². The molecule has 0 fully saturated rings. The summed E-state index contributed by atoms with van der Waals surface area (Å²) in [7, 11) is 3.94. The van der Waals surface area contributed by atoms with Gasteiger partial charge in [0.1, 0.15) is 13.6 Å². The minimum atomic E-state index is -0.102. The lowest BCUT2D eigenvalue weighted by Crippen LogP contribution is -2.14. The number of hydrogen-bond acceptors (Lipinski definition) is 6. The van der Waals surface area contributed by atoms with Gasteiger partial charge < -0.3 is 15.0 Å². The van der Waals surface area contributed by atoms with Crippen LogP contribution in [0.1, 0.15) is 71.9 Å². The molecule has 1 N–H and O–H groups in total. The van der Waals surface area contributed by atoms with Crippen LogP contribution in [0.4, 0.5) is 5.82 Å². The van der Waals surface area contributed by atoms with Crippen LogP contribution in [0.2, 0.25) is 0 Å². The average Bonchev–Trinajstić information content (AvgIpc) is 2.95. The van der Waals surface area contributed by atoms with Gasteiger partial charge in [0.2, 0.25) is 5.91 Å². The average molecular weight is 589 g/mol. The Labute approximate surface area is 259 Å². The van der Waals surface area contributed by atoms with E-state index in [9.17, 15) is 4.79 Å². The number of thioether (sulfide) groups is 1. The number of nitrogens with zero attached hydrogens (tertiary/aromatic N) is 3. The lowest BCUT2D eigenvalue weighted by Gasteiger charge is -2.24. The van der Waals surface area contributed by atoms with Crippen molar-refractivity contribution in [3.8, 4) is 0 Å². The van der Waals surface area contributed by atoms with Gasteiger partial charge in [-0.2, -0.15) is 5.10 Å². The SMILES string of the molecule is BC(=C)/C(=C\C(=C/C)CC(=C)N(C)C(=C)SC(=C)CCCCc1ccc(NC(=O)C/C(C)=C/C=C\C)nn1)OCCC. The minimum absolute atomic E-state index is 0.102. The van der Waals surface area contributed by atoms with Crippen LogP contribution >= 0.6 is 11.8 Å². The molecule has 0 unspecified atom stereocenters. The number of aryl methyl sites for hydroxylation is 1. The van der Waals surface area contributed by atoms with Crippen molar-refractivity contribution >= 4 is 31.3 Å². The van der Waals surface area contributed by atoms with E-state index in [1.807, 2.05) is 70.9 Å². The zero-order valence-corrected chi connectivity index (χ0v) is 27.4. The number of carbonyl (C=O) groups is 1. The zero-order valence-electron chi connectivity index (χ0n) is 26.6. The highest BCUT2D eigenvalue weighted by Gasteiger charge is 2.11. The molecule has 0 aromatic carbocycles. The third kappa shape index (κ3) is 14.9. The maximum absolute atomic E-state index is 12.2. The maximum atomic E-state index is 12.2. The molecule has 0 saturated carbocycles. The molecule has 226 valence electrons. The molecule has 1 aromatic rings. The molecule has 1 amide bonds. The summed E-state index contributed by atoms with van der Waals surface area (Å²) in [5.41, 5.74) is 4.85. The molecule has 0 aliphatic heterocycles. The van der Waals surface area contributed by atoms with E-state index in [4.69, 9.17) is 4.74 Å². The van der Waals surface area contributed by atoms with Crippen molar-refractivity contribution < 1.29 is 9.53 Å². The van der Waals surface area contributed by atoms with E-state index in [0.717, 1.165) is 75.8 Å². The number of anilines is 1. The second-order valence-electron chi connectivity index (χ2n) is 10.2. The molecular weight excluding hydrogens is 539 g/mol. The van der Waals surface area contributed by atoms with Gasteiger partial charge in [-0.25, -0.2) is 0 Å². The Kier molecular flexibility index (Phi) is 17.7. The zero-order chi connectivity index (χ0) is 31.5. The highest BCUT2D eigenvalue weighted by atomic mass is 32.2. The minimum Gasteiger partial charge on any atom is -0.494 e. The fourth-order valence-electron chi connectivity index (χ4n) is 3.67. The summed E-state index contributed by atoms with van der Waals surface area (Å²) >= 11 is 1.59. The first kappa shape index (κ1) is 36.5. The summed E-state index contributed by atoms with van der Waals surface area (Å²) in [6.07, 6.45) is 15.5. The first-order valence-corrected chi connectivity index (χ1v) is 15.3. The number of carbonyl (C=O) groups excluding carboxylic acids is 1. The lowest BCUT2D eigenvalue weighted by molar-refractivity contribution is -0.115. The molecule has 0 aliphatic carbocycles. The molecule has 0 spiro atoms. The van der Waals surface area contributed by atoms with E-state index in [2.05, 4.69) is 54.8 Å². The molecular formula is C34H49BN4O2S. The molecule has 1 aromatic heterocycles. The van der Waals surface area contributed by atoms with E-state index in [-0.39, 0.29) is 5.91 Å². The molecule has 0 atom stereocenters. The molecule has 1 heterocycles. The molecule has 8 heteroatoms. The van der Waals surface area contributed by atoms with Crippen LogP contribution in [0.5, 0.6) is 0 Å². The van der Waals surface area contributed by atoms with Crippen molar-refractivity contribution in [2.75, 3.05) is 19.0 Å². The second kappa shape index (κ2) is 20.4. The van der Waals surface area contributed by atoms with E-state index in [0.29, 0.717) is 25.3 Å². The molecule has 0 aliphatic rings. The van der Waals surface area contributed by atoms with Gasteiger partial charge in [-0.15, -0.1) is 11.7 Å². The third-order valence-electron chi connectivity index (χ3n) is 6.23. The Bertz CT molecular complexity index is 1210. The number of rotatable bonds is 20. The highest BCUT2D eigenvalue weighted by Crippen LogP contribution is 2.31. The number of hydrogen-bond donors (Lipinski definition) is 1. The van der Waals surface area contributed by atoms with Crippen LogP contribution in [0, 0.1) is 0 Å². The van der Waals surface area contributed by atoms with Crippen molar-refractivity contribution in [3.63, 3.8) is 0 Å². The quantitative estimate of drug-likeness (QED) is 0.0721. The van der Waals surface area contributed by atoms with Gasteiger partial charge in [0.05, 0.1) is 17.3 Å². The monoisotopic (exact) mass is 588 g/mol. The fraction of sp³-hybridized carbons (Fsp3) is 0.382. The third-order valence-corrected chi connectivity index (χ3v) is 7.23. The number of unbranched alkanes of at least 4 members (excludes halogenated alkanes) is 1. The Morgan fingerprint density at radius 2 is 1.88 bits per heavy atom. The van der Waals surface area contributed by atoms with Crippen molar-refractivity contribution in [1.29, 1.82) is 0 Å².